The minimum atomic E-state index is -4.61. The number of carboxylic acid groups (broad SMARTS) is 1. The minimum absolute atomic E-state index is 0.112. The zero-order valence-electron chi connectivity index (χ0n) is 9.58. The van der Waals surface area contributed by atoms with E-state index in [1.54, 1.807) is 0 Å². The maximum absolute atomic E-state index is 13.0. The molecule has 110 valence electrons. The van der Waals surface area contributed by atoms with Crippen molar-refractivity contribution in [1.82, 2.24) is 0 Å². The van der Waals surface area contributed by atoms with E-state index >= 15 is 0 Å². The molecular formula is C11H7Cl2F3O3S. The van der Waals surface area contributed by atoms with E-state index in [4.69, 9.17) is 28.3 Å². The molecule has 0 aromatic heterocycles. The zero-order valence-corrected chi connectivity index (χ0v) is 11.9. The summed E-state index contributed by atoms with van der Waals surface area (Å²) in [6.45, 7) is 0. The first-order chi connectivity index (χ1) is 9.18. The summed E-state index contributed by atoms with van der Waals surface area (Å²) in [5.41, 5.74) is 0.444. The summed E-state index contributed by atoms with van der Waals surface area (Å²) in [6.07, 6.45) is -8.11. The summed E-state index contributed by atoms with van der Waals surface area (Å²) in [5, 5.41) is 6.94. The summed E-state index contributed by atoms with van der Waals surface area (Å²) >= 11 is 12.1. The number of alkyl halides is 3. The molecule has 1 aliphatic heterocycles. The van der Waals surface area contributed by atoms with Gasteiger partial charge in [0, 0.05) is 16.3 Å². The fourth-order valence-corrected chi connectivity index (χ4v) is 3.76. The number of benzene rings is 1. The van der Waals surface area contributed by atoms with Gasteiger partial charge in [0.25, 0.3) is 0 Å². The third-order valence-corrected chi connectivity index (χ3v) is 4.83. The lowest BCUT2D eigenvalue weighted by molar-refractivity contribution is -0.148. The number of fused-ring (bicyclic) bond motifs is 1. The predicted molar refractivity (Wildman–Crippen MR) is 68.8 cm³/mol. The van der Waals surface area contributed by atoms with Gasteiger partial charge in [-0.15, -0.1) is 11.8 Å². The van der Waals surface area contributed by atoms with Gasteiger partial charge in [-0.2, -0.15) is 13.2 Å². The smallest absolute Gasteiger partial charge is 0.450 e. The van der Waals surface area contributed by atoms with E-state index in [1.807, 2.05) is 0 Å². The third-order valence-electron chi connectivity index (χ3n) is 2.66. The molecule has 1 heterocycles. The Morgan fingerprint density at radius 2 is 2.05 bits per heavy atom. The second kappa shape index (κ2) is 5.54. The molecule has 0 radical (unpaired) electrons. The largest absolute Gasteiger partial charge is 0.506 e. The fraction of sp³-hybridized carbons (Fsp3) is 0.364. The molecule has 0 amide bonds. The van der Waals surface area contributed by atoms with Crippen LogP contribution in [-0.4, -0.2) is 28.8 Å². The first-order valence-electron chi connectivity index (χ1n) is 5.29. The number of rotatable bonds is 1. The van der Waals surface area contributed by atoms with Crippen LogP contribution >= 0.6 is 35.0 Å². The topological polar surface area (TPSA) is 46.5 Å². The van der Waals surface area contributed by atoms with Crippen molar-refractivity contribution in [3.8, 4) is 0 Å². The average Bonchev–Trinajstić information content (AvgIpc) is 2.25. The molecule has 1 aliphatic rings. The monoisotopic (exact) mass is 346 g/mol. The van der Waals surface area contributed by atoms with Gasteiger partial charge in [-0.25, -0.2) is 4.79 Å². The Hall–Kier alpha value is -0.790. The Kier molecular flexibility index (Phi) is 4.32. The van der Waals surface area contributed by atoms with Crippen molar-refractivity contribution in [3.63, 3.8) is 0 Å². The average molecular weight is 347 g/mol. The molecule has 1 N–H and O–H groups in total. The molecule has 2 rings (SSSR count). The lowest BCUT2D eigenvalue weighted by Crippen LogP contribution is -2.43. The SMILES string of the molecule is O=C(O)O[C@H]1Cc2cc(Cl)cc(Cl)c2S[C@H]1C(F)(F)F. The third kappa shape index (κ3) is 3.27. The highest BCUT2D eigenvalue weighted by atomic mass is 35.5. The molecule has 20 heavy (non-hydrogen) atoms. The predicted octanol–water partition coefficient (Wildman–Crippen LogP) is 4.64. The minimum Gasteiger partial charge on any atom is -0.450 e. The van der Waals surface area contributed by atoms with Gasteiger partial charge < -0.3 is 9.84 Å². The van der Waals surface area contributed by atoms with Gasteiger partial charge in [-0.05, 0) is 17.7 Å². The van der Waals surface area contributed by atoms with Gasteiger partial charge in [0.15, 0.2) is 0 Å². The van der Waals surface area contributed by atoms with Crippen LogP contribution in [0, 0.1) is 0 Å². The van der Waals surface area contributed by atoms with Crippen LogP contribution in [0.4, 0.5) is 18.0 Å². The van der Waals surface area contributed by atoms with Crippen molar-refractivity contribution in [2.24, 2.45) is 0 Å². The van der Waals surface area contributed by atoms with E-state index in [1.165, 1.54) is 12.1 Å². The molecule has 1 aromatic carbocycles. The van der Waals surface area contributed by atoms with E-state index in [9.17, 15) is 18.0 Å². The van der Waals surface area contributed by atoms with Crippen molar-refractivity contribution in [2.75, 3.05) is 0 Å². The molecule has 0 aliphatic carbocycles. The molecule has 0 bridgehead atoms. The number of ether oxygens (including phenoxy) is 1. The van der Waals surface area contributed by atoms with Crippen LogP contribution in [0.15, 0.2) is 17.0 Å². The number of hydrogen-bond donors (Lipinski definition) is 1. The van der Waals surface area contributed by atoms with Gasteiger partial charge in [-0.3, -0.25) is 0 Å². The zero-order chi connectivity index (χ0) is 15.1. The number of thioether (sulfide) groups is 1. The Morgan fingerprint density at radius 1 is 1.40 bits per heavy atom. The molecule has 1 aromatic rings. The summed E-state index contributed by atoms with van der Waals surface area (Å²) in [5.74, 6) is 0. The molecule has 0 saturated carbocycles. The molecule has 0 fully saturated rings. The number of carbonyl (C=O) groups is 1. The van der Waals surface area contributed by atoms with Crippen molar-refractivity contribution in [2.45, 2.75) is 28.8 Å². The molecule has 0 spiro atoms. The summed E-state index contributed by atoms with van der Waals surface area (Å²) in [4.78, 5) is 10.8. The number of halogens is 5. The lowest BCUT2D eigenvalue weighted by atomic mass is 10.0. The molecule has 9 heteroatoms. The van der Waals surface area contributed by atoms with Crippen LogP contribution in [0.5, 0.6) is 0 Å². The first-order valence-corrected chi connectivity index (χ1v) is 6.93. The maximum Gasteiger partial charge on any atom is 0.506 e. The van der Waals surface area contributed by atoms with Crippen LogP contribution in [0.1, 0.15) is 5.56 Å². The Morgan fingerprint density at radius 3 is 2.60 bits per heavy atom. The maximum atomic E-state index is 13.0. The van der Waals surface area contributed by atoms with Crippen LogP contribution < -0.4 is 0 Å². The second-order valence-corrected chi connectivity index (χ2v) is 6.08. The number of hydrogen-bond acceptors (Lipinski definition) is 3. The van der Waals surface area contributed by atoms with E-state index in [0.717, 1.165) is 0 Å². The molecule has 2 atom stereocenters. The second-order valence-electron chi connectivity index (χ2n) is 4.08. The van der Waals surface area contributed by atoms with Crippen LogP contribution in [0.25, 0.3) is 0 Å². The quantitative estimate of drug-likeness (QED) is 0.752. The molecular weight excluding hydrogens is 340 g/mol. The van der Waals surface area contributed by atoms with Crippen molar-refractivity contribution in [1.29, 1.82) is 0 Å². The summed E-state index contributed by atoms with van der Waals surface area (Å²) in [6, 6.07) is 2.81. The van der Waals surface area contributed by atoms with Gasteiger partial charge in [0.1, 0.15) is 11.4 Å². The van der Waals surface area contributed by atoms with Gasteiger partial charge >= 0.3 is 12.3 Å². The molecule has 0 saturated heterocycles. The standard InChI is InChI=1S/C11H7Cl2F3O3S/c12-5-1-4-2-7(19-10(17)18)9(11(14,15)16)20-8(4)6(13)3-5/h1,3,7,9H,2H2,(H,17,18)/t7-,9+/m0/s1. The van der Waals surface area contributed by atoms with Crippen LogP contribution in [0.3, 0.4) is 0 Å². The van der Waals surface area contributed by atoms with Crippen molar-refractivity contribution < 1.29 is 27.8 Å². The highest BCUT2D eigenvalue weighted by Crippen LogP contribution is 2.47. The summed E-state index contributed by atoms with van der Waals surface area (Å²) < 4.78 is 43.3. The summed E-state index contributed by atoms with van der Waals surface area (Å²) in [7, 11) is 0. The molecule has 0 unspecified atom stereocenters. The van der Waals surface area contributed by atoms with Gasteiger partial charge in [0.2, 0.25) is 0 Å². The Balaban J connectivity index is 2.41. The normalized spacial score (nSPS) is 22.2. The van der Waals surface area contributed by atoms with Crippen LogP contribution in [-0.2, 0) is 11.2 Å². The van der Waals surface area contributed by atoms with E-state index in [2.05, 4.69) is 4.74 Å². The Bertz CT molecular complexity index is 550. The highest BCUT2D eigenvalue weighted by molar-refractivity contribution is 8.00. The van der Waals surface area contributed by atoms with Gasteiger partial charge in [-0.1, -0.05) is 23.2 Å². The van der Waals surface area contributed by atoms with E-state index < -0.39 is 23.7 Å². The van der Waals surface area contributed by atoms with Crippen molar-refractivity contribution in [3.05, 3.63) is 27.7 Å². The van der Waals surface area contributed by atoms with Gasteiger partial charge in [0.05, 0.1) is 5.02 Å². The fourth-order valence-electron chi connectivity index (χ4n) is 1.93. The highest BCUT2D eigenvalue weighted by Gasteiger charge is 2.50. The van der Waals surface area contributed by atoms with E-state index in [0.29, 0.717) is 17.3 Å². The molecule has 3 nitrogen and oxygen atoms in total. The van der Waals surface area contributed by atoms with E-state index in [-0.39, 0.29) is 21.4 Å². The Labute approximate surface area is 126 Å². The van der Waals surface area contributed by atoms with Crippen LogP contribution in [0.2, 0.25) is 10.0 Å². The first kappa shape index (κ1) is 15.6. The lowest BCUT2D eigenvalue weighted by Gasteiger charge is -2.32. The van der Waals surface area contributed by atoms with Crippen molar-refractivity contribution >= 4 is 41.1 Å².